The van der Waals surface area contributed by atoms with Crippen LogP contribution in [-0.2, 0) is 18.2 Å². The molecule has 3 rings (SSSR count). The molecule has 1 heterocycles. The lowest BCUT2D eigenvalue weighted by atomic mass is 10.1. The number of benzene rings is 1. The fourth-order valence-electron chi connectivity index (χ4n) is 3.23. The van der Waals surface area contributed by atoms with Crippen LogP contribution in [0.4, 0.5) is 0 Å². The summed E-state index contributed by atoms with van der Waals surface area (Å²) in [5.41, 5.74) is 4.51. The monoisotopic (exact) mass is 345 g/mol. The Morgan fingerprint density at radius 3 is 2.64 bits per heavy atom. The zero-order valence-electron chi connectivity index (χ0n) is 15.0. The molecule has 0 radical (unpaired) electrons. The van der Waals surface area contributed by atoms with Crippen LogP contribution in [0.25, 0.3) is 11.3 Å². The Hall–Kier alpha value is -2.54. The van der Waals surface area contributed by atoms with E-state index in [0.29, 0.717) is 36.8 Å². The van der Waals surface area contributed by atoms with E-state index in [-0.39, 0.29) is 5.91 Å². The summed E-state index contributed by atoms with van der Waals surface area (Å²) >= 11 is 0. The molecule has 0 unspecified atom stereocenters. The van der Waals surface area contributed by atoms with Gasteiger partial charge in [0.25, 0.3) is 5.91 Å². The normalized spacial score (nSPS) is 11.8. The van der Waals surface area contributed by atoms with Crippen molar-refractivity contribution in [2.75, 3.05) is 34.5 Å². The third-order valence-electron chi connectivity index (χ3n) is 4.40. The Morgan fingerprint density at radius 1 is 1.24 bits per heavy atom. The lowest BCUT2D eigenvalue weighted by Gasteiger charge is -2.11. The van der Waals surface area contributed by atoms with E-state index in [4.69, 9.17) is 14.2 Å². The van der Waals surface area contributed by atoms with Crippen LogP contribution < -0.4 is 14.8 Å². The van der Waals surface area contributed by atoms with Crippen molar-refractivity contribution in [3.05, 3.63) is 29.0 Å². The first-order valence-electron chi connectivity index (χ1n) is 8.19. The number of aromatic nitrogens is 2. The van der Waals surface area contributed by atoms with Gasteiger partial charge in [-0.1, -0.05) is 0 Å². The standard InChI is InChI=1S/C18H23N3O4/c1-21-17-12-10-15(25-4)14(24-3)9-11(12)8-13(17)16(20-21)18(22)19-6-5-7-23-2/h9-10H,5-8H2,1-4H3,(H,19,22). The summed E-state index contributed by atoms with van der Waals surface area (Å²) in [6.45, 7) is 1.18. The van der Waals surface area contributed by atoms with Crippen LogP contribution in [0.15, 0.2) is 12.1 Å². The van der Waals surface area contributed by atoms with E-state index < -0.39 is 0 Å². The quantitative estimate of drug-likeness (QED) is 0.661. The third-order valence-corrected chi connectivity index (χ3v) is 4.40. The summed E-state index contributed by atoms with van der Waals surface area (Å²) in [4.78, 5) is 12.5. The topological polar surface area (TPSA) is 74.6 Å². The third kappa shape index (κ3) is 3.07. The molecule has 1 aliphatic rings. The van der Waals surface area contributed by atoms with Crippen molar-refractivity contribution >= 4 is 5.91 Å². The number of carbonyl (C=O) groups excluding carboxylic acids is 1. The van der Waals surface area contributed by atoms with Crippen molar-refractivity contribution in [3.63, 3.8) is 0 Å². The molecule has 0 bridgehead atoms. The van der Waals surface area contributed by atoms with Gasteiger partial charge in [0.15, 0.2) is 17.2 Å². The first-order chi connectivity index (χ1) is 12.1. The highest BCUT2D eigenvalue weighted by atomic mass is 16.5. The molecule has 1 aromatic carbocycles. The maximum atomic E-state index is 12.5. The van der Waals surface area contributed by atoms with Crippen LogP contribution in [0.5, 0.6) is 11.5 Å². The number of hydrogen-bond acceptors (Lipinski definition) is 5. The minimum absolute atomic E-state index is 0.153. The molecule has 7 nitrogen and oxygen atoms in total. The predicted octanol–water partition coefficient (Wildman–Crippen LogP) is 1.77. The lowest BCUT2D eigenvalue weighted by Crippen LogP contribution is -2.26. The molecule has 1 amide bonds. The molecule has 0 aliphatic heterocycles. The Labute approximate surface area is 146 Å². The summed E-state index contributed by atoms with van der Waals surface area (Å²) in [5, 5.41) is 7.33. The van der Waals surface area contributed by atoms with Crippen molar-refractivity contribution in [1.29, 1.82) is 0 Å². The van der Waals surface area contributed by atoms with E-state index in [1.54, 1.807) is 26.0 Å². The Kier molecular flexibility index (Phi) is 4.94. The molecule has 0 fully saturated rings. The van der Waals surface area contributed by atoms with E-state index in [2.05, 4.69) is 10.4 Å². The number of methoxy groups -OCH3 is 3. The van der Waals surface area contributed by atoms with Gasteiger partial charge >= 0.3 is 0 Å². The zero-order valence-corrected chi connectivity index (χ0v) is 15.0. The molecule has 25 heavy (non-hydrogen) atoms. The van der Waals surface area contributed by atoms with Crippen molar-refractivity contribution in [3.8, 4) is 22.8 Å². The second-order valence-electron chi connectivity index (χ2n) is 5.94. The maximum Gasteiger partial charge on any atom is 0.272 e. The average Bonchev–Trinajstić information content (AvgIpc) is 3.14. The highest BCUT2D eigenvalue weighted by Gasteiger charge is 2.30. The van der Waals surface area contributed by atoms with Gasteiger partial charge in [-0.3, -0.25) is 9.48 Å². The van der Waals surface area contributed by atoms with Gasteiger partial charge in [-0.25, -0.2) is 0 Å². The predicted molar refractivity (Wildman–Crippen MR) is 93.4 cm³/mol. The van der Waals surface area contributed by atoms with Gasteiger partial charge in [0.2, 0.25) is 0 Å². The van der Waals surface area contributed by atoms with Crippen LogP contribution in [0, 0.1) is 0 Å². The molecule has 134 valence electrons. The minimum Gasteiger partial charge on any atom is -0.493 e. The molecule has 1 N–H and O–H groups in total. The summed E-state index contributed by atoms with van der Waals surface area (Å²) in [5.74, 6) is 1.20. The van der Waals surface area contributed by atoms with Crippen molar-refractivity contribution in [2.24, 2.45) is 7.05 Å². The lowest BCUT2D eigenvalue weighted by molar-refractivity contribution is 0.0942. The summed E-state index contributed by atoms with van der Waals surface area (Å²) in [6.07, 6.45) is 1.42. The number of hydrogen-bond donors (Lipinski definition) is 1. The van der Waals surface area contributed by atoms with E-state index in [1.807, 2.05) is 19.2 Å². The Bertz CT molecular complexity index is 798. The largest absolute Gasteiger partial charge is 0.493 e. The number of amides is 1. The van der Waals surface area contributed by atoms with Gasteiger partial charge in [-0.05, 0) is 24.1 Å². The van der Waals surface area contributed by atoms with E-state index >= 15 is 0 Å². The number of rotatable bonds is 7. The van der Waals surface area contributed by atoms with Crippen LogP contribution in [0.2, 0.25) is 0 Å². The maximum absolute atomic E-state index is 12.5. The fourth-order valence-corrected chi connectivity index (χ4v) is 3.23. The zero-order chi connectivity index (χ0) is 18.0. The van der Waals surface area contributed by atoms with Gasteiger partial charge in [0, 0.05) is 44.9 Å². The number of nitrogens with one attached hydrogen (secondary N) is 1. The van der Waals surface area contributed by atoms with E-state index in [0.717, 1.165) is 28.8 Å². The van der Waals surface area contributed by atoms with E-state index in [1.165, 1.54) is 0 Å². The van der Waals surface area contributed by atoms with Gasteiger partial charge < -0.3 is 19.5 Å². The molecule has 2 aromatic rings. The first kappa shape index (κ1) is 17.3. The molecule has 1 aromatic heterocycles. The Morgan fingerprint density at radius 2 is 1.96 bits per heavy atom. The SMILES string of the molecule is COCCCNC(=O)c1nn(C)c2c1Cc1cc(OC)c(OC)cc1-2. The smallest absolute Gasteiger partial charge is 0.272 e. The molecule has 0 saturated carbocycles. The molecular formula is C18H23N3O4. The van der Waals surface area contributed by atoms with Gasteiger partial charge in [0.1, 0.15) is 0 Å². The van der Waals surface area contributed by atoms with Crippen LogP contribution in [0.3, 0.4) is 0 Å². The first-order valence-corrected chi connectivity index (χ1v) is 8.19. The van der Waals surface area contributed by atoms with Crippen molar-refractivity contribution in [1.82, 2.24) is 15.1 Å². The highest BCUT2D eigenvalue weighted by Crippen LogP contribution is 2.43. The van der Waals surface area contributed by atoms with Gasteiger partial charge in [-0.15, -0.1) is 0 Å². The van der Waals surface area contributed by atoms with Crippen molar-refractivity contribution < 1.29 is 19.0 Å². The summed E-state index contributed by atoms with van der Waals surface area (Å²) in [6, 6.07) is 3.91. The van der Waals surface area contributed by atoms with Gasteiger partial charge in [0.05, 0.1) is 19.9 Å². The van der Waals surface area contributed by atoms with Crippen molar-refractivity contribution in [2.45, 2.75) is 12.8 Å². The molecule has 1 aliphatic carbocycles. The summed E-state index contributed by atoms with van der Waals surface area (Å²) < 4.78 is 17.5. The molecule has 0 spiro atoms. The second-order valence-corrected chi connectivity index (χ2v) is 5.94. The number of ether oxygens (including phenoxy) is 3. The van der Waals surface area contributed by atoms with E-state index in [9.17, 15) is 4.79 Å². The molecule has 0 saturated heterocycles. The van der Waals surface area contributed by atoms with Gasteiger partial charge in [-0.2, -0.15) is 5.10 Å². The molecule has 0 atom stereocenters. The van der Waals surface area contributed by atoms with Crippen LogP contribution in [-0.4, -0.2) is 50.2 Å². The average molecular weight is 345 g/mol. The number of fused-ring (bicyclic) bond motifs is 3. The number of carbonyl (C=O) groups is 1. The summed E-state index contributed by atoms with van der Waals surface area (Å²) in [7, 11) is 6.73. The Balaban J connectivity index is 1.90. The highest BCUT2D eigenvalue weighted by molar-refractivity contribution is 5.97. The fraction of sp³-hybridized carbons (Fsp3) is 0.444. The molecule has 7 heteroatoms. The number of nitrogens with zero attached hydrogens (tertiary/aromatic N) is 2. The second kappa shape index (κ2) is 7.14. The van der Waals surface area contributed by atoms with Crippen LogP contribution in [0.1, 0.15) is 28.0 Å². The van der Waals surface area contributed by atoms with Crippen LogP contribution >= 0.6 is 0 Å². The molecular weight excluding hydrogens is 322 g/mol. The minimum atomic E-state index is -0.153. The number of aryl methyl sites for hydroxylation is 1.